The van der Waals surface area contributed by atoms with E-state index in [9.17, 15) is 9.59 Å². The number of ether oxygens (including phenoxy) is 3. The van der Waals surface area contributed by atoms with E-state index in [2.05, 4.69) is 58.3 Å². The maximum absolute atomic E-state index is 12.8. The molecule has 0 aliphatic rings. The molecule has 2 atom stereocenters. The van der Waals surface area contributed by atoms with Crippen molar-refractivity contribution in [2.24, 2.45) is 5.92 Å². The van der Waals surface area contributed by atoms with Crippen LogP contribution >= 0.6 is 0 Å². The van der Waals surface area contributed by atoms with Gasteiger partial charge in [-0.1, -0.05) is 150 Å². The first kappa shape index (κ1) is 50.7. The van der Waals surface area contributed by atoms with Crippen LogP contribution in [0.5, 0.6) is 0 Å². The maximum Gasteiger partial charge on any atom is 0.508 e. The SMILES string of the molecule is CCCCCCCCCCC(CCCCCCCCCC(=O)OCC(CCCC)CCCCCC)OC(=O)OCCN(CCN(CC)CC)C(C)C. The lowest BCUT2D eigenvalue weighted by Crippen LogP contribution is -2.40. The fraction of sp³-hybridized carbons (Fsp3) is 0.956. The number of unbranched alkanes of at least 4 members (excludes halogenated alkanes) is 17. The summed E-state index contributed by atoms with van der Waals surface area (Å²) in [4.78, 5) is 30.0. The van der Waals surface area contributed by atoms with Gasteiger partial charge in [0.15, 0.2) is 0 Å². The molecule has 0 aliphatic heterocycles. The molecule has 52 heavy (non-hydrogen) atoms. The van der Waals surface area contributed by atoms with Crippen LogP contribution in [0.15, 0.2) is 0 Å². The smallest absolute Gasteiger partial charge is 0.465 e. The molecule has 0 saturated carbocycles. The number of carbonyl (C=O) groups excluding carboxylic acids is 2. The number of carbonyl (C=O) groups is 2. The Hall–Kier alpha value is -1.34. The van der Waals surface area contributed by atoms with Crippen LogP contribution in [0.1, 0.15) is 215 Å². The van der Waals surface area contributed by atoms with Crippen LogP contribution < -0.4 is 0 Å². The van der Waals surface area contributed by atoms with Crippen molar-refractivity contribution in [2.75, 3.05) is 45.9 Å². The van der Waals surface area contributed by atoms with Crippen molar-refractivity contribution >= 4 is 12.1 Å². The van der Waals surface area contributed by atoms with Crippen molar-refractivity contribution in [3.8, 4) is 0 Å². The molecule has 0 radical (unpaired) electrons. The van der Waals surface area contributed by atoms with Gasteiger partial charge in [0.1, 0.15) is 12.7 Å². The summed E-state index contributed by atoms with van der Waals surface area (Å²) in [6.45, 7) is 21.4. The van der Waals surface area contributed by atoms with E-state index >= 15 is 0 Å². The third-order valence-corrected chi connectivity index (χ3v) is 10.9. The number of rotatable bonds is 39. The van der Waals surface area contributed by atoms with Crippen LogP contribution in [0.25, 0.3) is 0 Å². The average molecular weight is 739 g/mol. The molecule has 310 valence electrons. The molecule has 7 heteroatoms. The minimum atomic E-state index is -0.501. The number of nitrogens with zero attached hydrogens (tertiary/aromatic N) is 2. The van der Waals surface area contributed by atoms with Gasteiger partial charge in [0.25, 0.3) is 0 Å². The molecule has 7 nitrogen and oxygen atoms in total. The van der Waals surface area contributed by atoms with Gasteiger partial charge in [0.05, 0.1) is 6.61 Å². The summed E-state index contributed by atoms with van der Waals surface area (Å²) in [6, 6.07) is 0.407. The molecule has 0 spiro atoms. The summed E-state index contributed by atoms with van der Waals surface area (Å²) in [7, 11) is 0. The number of hydrogen-bond donors (Lipinski definition) is 0. The summed E-state index contributed by atoms with van der Waals surface area (Å²) in [6.07, 6.45) is 29.8. The Morgan fingerprint density at radius 1 is 0.519 bits per heavy atom. The van der Waals surface area contributed by atoms with Crippen LogP contribution in [0.4, 0.5) is 4.79 Å². The second kappa shape index (κ2) is 38.0. The molecule has 0 aromatic carbocycles. The molecule has 0 bridgehead atoms. The van der Waals surface area contributed by atoms with E-state index in [1.165, 1.54) is 109 Å². The quantitative estimate of drug-likeness (QED) is 0.0459. The van der Waals surface area contributed by atoms with Crippen molar-refractivity contribution in [2.45, 2.75) is 228 Å². The zero-order valence-corrected chi connectivity index (χ0v) is 36.0. The van der Waals surface area contributed by atoms with Crippen LogP contribution in [0, 0.1) is 5.92 Å². The van der Waals surface area contributed by atoms with Crippen molar-refractivity contribution in [3.05, 3.63) is 0 Å². The normalized spacial score (nSPS) is 12.9. The molecule has 2 unspecified atom stereocenters. The fourth-order valence-corrected chi connectivity index (χ4v) is 7.09. The van der Waals surface area contributed by atoms with E-state index in [0.717, 1.165) is 84.1 Å². The number of esters is 1. The van der Waals surface area contributed by atoms with E-state index in [1.54, 1.807) is 0 Å². The van der Waals surface area contributed by atoms with Crippen LogP contribution in [-0.2, 0) is 19.0 Å². The van der Waals surface area contributed by atoms with Gasteiger partial charge < -0.3 is 19.1 Å². The van der Waals surface area contributed by atoms with Crippen molar-refractivity contribution in [1.29, 1.82) is 0 Å². The Morgan fingerprint density at radius 3 is 1.54 bits per heavy atom. The molecule has 0 N–H and O–H groups in total. The second-order valence-corrected chi connectivity index (χ2v) is 15.8. The topological polar surface area (TPSA) is 68.3 Å². The molecular weight excluding hydrogens is 649 g/mol. The summed E-state index contributed by atoms with van der Waals surface area (Å²) in [5, 5.41) is 0. The van der Waals surface area contributed by atoms with Gasteiger partial charge in [0, 0.05) is 32.1 Å². The van der Waals surface area contributed by atoms with E-state index in [1.807, 2.05) is 0 Å². The van der Waals surface area contributed by atoms with Gasteiger partial charge in [-0.25, -0.2) is 4.79 Å². The van der Waals surface area contributed by atoms with E-state index in [0.29, 0.717) is 31.6 Å². The highest BCUT2D eigenvalue weighted by Crippen LogP contribution is 2.20. The first-order valence-electron chi connectivity index (χ1n) is 22.8. The Bertz CT molecular complexity index is 775. The van der Waals surface area contributed by atoms with Gasteiger partial charge in [-0.3, -0.25) is 9.69 Å². The predicted octanol–water partition coefficient (Wildman–Crippen LogP) is 12.9. The minimum Gasteiger partial charge on any atom is -0.465 e. The van der Waals surface area contributed by atoms with E-state index in [-0.39, 0.29) is 12.1 Å². The predicted molar refractivity (Wildman–Crippen MR) is 222 cm³/mol. The molecule has 0 aliphatic carbocycles. The number of hydrogen-bond acceptors (Lipinski definition) is 7. The molecule has 0 heterocycles. The van der Waals surface area contributed by atoms with Crippen LogP contribution in [-0.4, -0.2) is 80.0 Å². The summed E-state index contributed by atoms with van der Waals surface area (Å²) in [5.74, 6) is 0.522. The second-order valence-electron chi connectivity index (χ2n) is 15.8. The Labute approximate surface area is 324 Å². The van der Waals surface area contributed by atoms with Crippen molar-refractivity contribution in [3.63, 3.8) is 0 Å². The minimum absolute atomic E-state index is 0.0105. The summed E-state index contributed by atoms with van der Waals surface area (Å²) in [5.41, 5.74) is 0. The third-order valence-electron chi connectivity index (χ3n) is 10.9. The monoisotopic (exact) mass is 739 g/mol. The summed E-state index contributed by atoms with van der Waals surface area (Å²) >= 11 is 0. The first-order chi connectivity index (χ1) is 25.3. The van der Waals surface area contributed by atoms with Gasteiger partial charge >= 0.3 is 12.1 Å². The molecule has 0 saturated heterocycles. The van der Waals surface area contributed by atoms with E-state index in [4.69, 9.17) is 14.2 Å². The van der Waals surface area contributed by atoms with Gasteiger partial charge in [0.2, 0.25) is 0 Å². The zero-order chi connectivity index (χ0) is 38.5. The molecule has 0 fully saturated rings. The molecule has 0 rings (SSSR count). The largest absolute Gasteiger partial charge is 0.508 e. The lowest BCUT2D eigenvalue weighted by Gasteiger charge is -2.29. The molecule has 0 aromatic heterocycles. The lowest BCUT2D eigenvalue weighted by molar-refractivity contribution is -0.145. The number of likely N-dealkylation sites (N-methyl/N-ethyl adjacent to an activating group) is 1. The van der Waals surface area contributed by atoms with E-state index < -0.39 is 6.16 Å². The third kappa shape index (κ3) is 32.1. The summed E-state index contributed by atoms with van der Waals surface area (Å²) < 4.78 is 17.2. The highest BCUT2D eigenvalue weighted by Gasteiger charge is 2.17. The first-order valence-corrected chi connectivity index (χ1v) is 22.8. The fourth-order valence-electron chi connectivity index (χ4n) is 7.09. The Morgan fingerprint density at radius 2 is 1.00 bits per heavy atom. The van der Waals surface area contributed by atoms with Crippen molar-refractivity contribution in [1.82, 2.24) is 9.80 Å². The van der Waals surface area contributed by atoms with Gasteiger partial charge in [-0.05, 0) is 77.8 Å². The molecular formula is C45H90N2O5. The Kier molecular flexibility index (Phi) is 37.0. The van der Waals surface area contributed by atoms with Crippen LogP contribution in [0.3, 0.4) is 0 Å². The maximum atomic E-state index is 12.8. The lowest BCUT2D eigenvalue weighted by atomic mass is 9.96. The van der Waals surface area contributed by atoms with Crippen LogP contribution in [0.2, 0.25) is 0 Å². The van der Waals surface area contributed by atoms with Gasteiger partial charge in [-0.2, -0.15) is 0 Å². The highest BCUT2D eigenvalue weighted by molar-refractivity contribution is 5.69. The Balaban J connectivity index is 4.44. The van der Waals surface area contributed by atoms with Gasteiger partial charge in [-0.15, -0.1) is 0 Å². The molecule has 0 amide bonds. The highest BCUT2D eigenvalue weighted by atomic mass is 16.7. The van der Waals surface area contributed by atoms with Crippen molar-refractivity contribution < 1.29 is 23.8 Å². The zero-order valence-electron chi connectivity index (χ0n) is 36.0. The molecule has 0 aromatic rings. The average Bonchev–Trinajstić information content (AvgIpc) is 3.13. The standard InChI is InChI=1S/C45H90N2O5/c1-8-13-16-18-19-21-24-28-33-43(52-45(49)50-39-38-47(41(6)7)37-36-46(11-4)12-5)34-29-25-22-20-23-26-30-35-44(48)51-40-42(31-15-10-3)32-27-17-14-9-2/h41-43H,8-40H2,1-7H3.